The van der Waals surface area contributed by atoms with Gasteiger partial charge >= 0.3 is 17.9 Å². The van der Waals surface area contributed by atoms with E-state index in [9.17, 15) is 29.7 Å². The Morgan fingerprint density at radius 2 is 1.18 bits per heavy atom. The van der Waals surface area contributed by atoms with Crippen molar-refractivity contribution >= 4 is 23.5 Å². The highest BCUT2D eigenvalue weighted by molar-refractivity contribution is 5.95. The average Bonchev–Trinajstić information content (AvgIpc) is 2.81. The predicted octanol–water partition coefficient (Wildman–Crippen LogP) is 6.65. The van der Waals surface area contributed by atoms with Crippen LogP contribution in [0.25, 0.3) is 5.57 Å². The summed E-state index contributed by atoms with van der Waals surface area (Å²) >= 11 is 0. The molecule has 0 fully saturated rings. The molecule has 1 rings (SSSR count). The number of carboxylic acids is 3. The Morgan fingerprint density at radius 1 is 0.676 bits per heavy atom. The number of allylic oxidation sites excluding steroid dienone is 5. The van der Waals surface area contributed by atoms with Gasteiger partial charge in [0.05, 0.1) is 0 Å². The number of carboxylic acid groups (broad SMARTS) is 3. The largest absolute Gasteiger partial charge is 0.478 e. The van der Waals surface area contributed by atoms with Crippen molar-refractivity contribution in [1.29, 1.82) is 0 Å². The lowest BCUT2D eigenvalue weighted by Gasteiger charge is -2.12. The van der Waals surface area contributed by atoms with Crippen molar-refractivity contribution in [3.63, 3.8) is 0 Å². The zero-order valence-corrected chi connectivity index (χ0v) is 20.3. The molecule has 0 radical (unpaired) electrons. The van der Waals surface area contributed by atoms with Crippen molar-refractivity contribution in [3.05, 3.63) is 76.4 Å². The van der Waals surface area contributed by atoms with Gasteiger partial charge in [-0.2, -0.15) is 0 Å². The van der Waals surface area contributed by atoms with E-state index in [1.165, 1.54) is 12.2 Å². The molecule has 184 valence electrons. The highest BCUT2D eigenvalue weighted by Crippen LogP contribution is 2.28. The maximum Gasteiger partial charge on any atom is 0.331 e. The van der Waals surface area contributed by atoms with E-state index >= 15 is 0 Å². The van der Waals surface area contributed by atoms with Crippen LogP contribution >= 0.6 is 0 Å². The third-order valence-corrected chi connectivity index (χ3v) is 5.43. The van der Waals surface area contributed by atoms with Crippen LogP contribution in [0.5, 0.6) is 0 Å². The monoisotopic (exact) mass is 468 g/mol. The van der Waals surface area contributed by atoms with Crippen molar-refractivity contribution in [3.8, 4) is 0 Å². The van der Waals surface area contributed by atoms with Crippen LogP contribution in [0, 0.1) is 0 Å². The van der Waals surface area contributed by atoms with Gasteiger partial charge in [-0.3, -0.25) is 0 Å². The van der Waals surface area contributed by atoms with Crippen LogP contribution in [0.3, 0.4) is 0 Å². The molecule has 0 saturated heterocycles. The molecule has 0 saturated carbocycles. The number of rotatable bonds is 15. The first kappa shape index (κ1) is 28.6. The molecule has 0 atom stereocenters. The van der Waals surface area contributed by atoms with Gasteiger partial charge < -0.3 is 15.3 Å². The highest BCUT2D eigenvalue weighted by atomic mass is 16.4. The lowest BCUT2D eigenvalue weighted by molar-refractivity contribution is -0.133. The summed E-state index contributed by atoms with van der Waals surface area (Å²) in [6.07, 6.45) is 9.44. The van der Waals surface area contributed by atoms with Crippen molar-refractivity contribution in [2.75, 3.05) is 0 Å². The van der Waals surface area contributed by atoms with E-state index in [1.54, 1.807) is 37.3 Å². The molecule has 3 N–H and O–H groups in total. The zero-order chi connectivity index (χ0) is 25.5. The minimum absolute atomic E-state index is 0.108. The Bertz CT molecular complexity index is 964. The van der Waals surface area contributed by atoms with E-state index in [1.807, 2.05) is 19.9 Å². The zero-order valence-electron chi connectivity index (χ0n) is 20.3. The lowest BCUT2D eigenvalue weighted by Crippen LogP contribution is -2.05. The normalized spacial score (nSPS) is 13.4. The van der Waals surface area contributed by atoms with E-state index < -0.39 is 17.9 Å². The molecule has 0 spiro atoms. The topological polar surface area (TPSA) is 112 Å². The summed E-state index contributed by atoms with van der Waals surface area (Å²) < 4.78 is 0. The van der Waals surface area contributed by atoms with E-state index in [-0.39, 0.29) is 23.1 Å². The van der Waals surface area contributed by atoms with Crippen molar-refractivity contribution in [2.45, 2.75) is 72.1 Å². The minimum Gasteiger partial charge on any atom is -0.478 e. The first-order chi connectivity index (χ1) is 16.2. The van der Waals surface area contributed by atoms with Crippen molar-refractivity contribution in [1.82, 2.24) is 0 Å². The number of hydrogen-bond donors (Lipinski definition) is 3. The second-order valence-electron chi connectivity index (χ2n) is 8.07. The van der Waals surface area contributed by atoms with Crippen molar-refractivity contribution in [2.24, 2.45) is 0 Å². The van der Waals surface area contributed by atoms with Crippen LogP contribution in [-0.4, -0.2) is 33.2 Å². The summed E-state index contributed by atoms with van der Waals surface area (Å²) in [4.78, 5) is 35.8. The highest BCUT2D eigenvalue weighted by Gasteiger charge is 2.15. The van der Waals surface area contributed by atoms with Crippen LogP contribution in [0.1, 0.15) is 77.7 Å². The van der Waals surface area contributed by atoms with Gasteiger partial charge in [-0.1, -0.05) is 70.4 Å². The molecule has 0 aromatic heterocycles. The number of aliphatic carboxylic acids is 3. The fraction of sp³-hybridized carbons (Fsp3) is 0.393. The van der Waals surface area contributed by atoms with Crippen molar-refractivity contribution < 1.29 is 29.7 Å². The first-order valence-corrected chi connectivity index (χ1v) is 11.9. The number of unbranched alkanes of at least 4 members (excludes halogenated alkanes) is 3. The molecular weight excluding hydrogens is 432 g/mol. The third kappa shape index (κ3) is 9.61. The minimum atomic E-state index is -1.10. The summed E-state index contributed by atoms with van der Waals surface area (Å²) in [5, 5.41) is 29.3. The molecule has 0 amide bonds. The summed E-state index contributed by atoms with van der Waals surface area (Å²) in [5.41, 5.74) is 1.99. The molecule has 1 aromatic rings. The Hall–Kier alpha value is -3.41. The molecule has 6 nitrogen and oxygen atoms in total. The second kappa shape index (κ2) is 15.4. The number of carbonyl (C=O) groups is 3. The van der Waals surface area contributed by atoms with Gasteiger partial charge in [0.25, 0.3) is 0 Å². The third-order valence-electron chi connectivity index (χ3n) is 5.43. The molecule has 0 aliphatic carbocycles. The molecule has 0 aliphatic rings. The fourth-order valence-corrected chi connectivity index (χ4v) is 3.43. The predicted molar refractivity (Wildman–Crippen MR) is 134 cm³/mol. The van der Waals surface area contributed by atoms with E-state index in [2.05, 4.69) is 0 Å². The van der Waals surface area contributed by atoms with Crippen LogP contribution in [0.15, 0.2) is 70.9 Å². The smallest absolute Gasteiger partial charge is 0.331 e. The standard InChI is InChI=1S/C28H36O6/c1-4-7-10-16-22(27(31)32)18-24(17-20(6-3)26(29)30)25(21-14-11-9-12-15-21)19-23(28(33)34)13-8-5-2/h9,11-12,14-15,17-19H,4-8,10,13,16H2,1-3H3,(H,29,30)(H,31,32)(H,33,34). The van der Waals surface area contributed by atoms with Gasteiger partial charge in [-0.25, -0.2) is 14.4 Å². The van der Waals surface area contributed by atoms with Gasteiger partial charge in [0.2, 0.25) is 0 Å². The maximum absolute atomic E-state index is 12.0. The number of benzene rings is 1. The Balaban J connectivity index is 3.98. The summed E-state index contributed by atoms with van der Waals surface area (Å²) in [6, 6.07) is 9.04. The van der Waals surface area contributed by atoms with E-state index in [0.29, 0.717) is 42.4 Å². The molecule has 0 aliphatic heterocycles. The quantitative estimate of drug-likeness (QED) is 0.151. The molecule has 0 bridgehead atoms. The molecule has 1 aromatic carbocycles. The second-order valence-corrected chi connectivity index (χ2v) is 8.07. The molecule has 0 unspecified atom stereocenters. The first-order valence-electron chi connectivity index (χ1n) is 11.9. The Labute approximate surface area is 202 Å². The van der Waals surface area contributed by atoms with Gasteiger partial charge in [-0.05, 0) is 67.0 Å². The Kier molecular flexibility index (Phi) is 13.0. The molecule has 0 heterocycles. The van der Waals surface area contributed by atoms with Gasteiger partial charge in [0.15, 0.2) is 0 Å². The van der Waals surface area contributed by atoms with Gasteiger partial charge in [0, 0.05) is 16.7 Å². The SMILES string of the molecule is CCCCCC(=CC(C=C(CC)C(=O)O)=C(C=C(CCCC)C(=O)O)c1ccccc1)C(=O)O. The molecule has 6 heteroatoms. The Morgan fingerprint density at radius 3 is 1.68 bits per heavy atom. The van der Waals surface area contributed by atoms with Gasteiger partial charge in [0.1, 0.15) is 0 Å². The van der Waals surface area contributed by atoms with Crippen LogP contribution in [0.4, 0.5) is 0 Å². The van der Waals surface area contributed by atoms with E-state index in [0.717, 1.165) is 19.3 Å². The fourth-order valence-electron chi connectivity index (χ4n) is 3.43. The summed E-state index contributed by atoms with van der Waals surface area (Å²) in [6.45, 7) is 5.71. The van der Waals surface area contributed by atoms with E-state index in [4.69, 9.17) is 0 Å². The average molecular weight is 469 g/mol. The van der Waals surface area contributed by atoms with Crippen LogP contribution in [-0.2, 0) is 14.4 Å². The number of hydrogen-bond acceptors (Lipinski definition) is 3. The maximum atomic E-state index is 12.0. The summed E-state index contributed by atoms with van der Waals surface area (Å²) in [7, 11) is 0. The summed E-state index contributed by atoms with van der Waals surface area (Å²) in [5.74, 6) is -3.22. The van der Waals surface area contributed by atoms with Gasteiger partial charge in [-0.15, -0.1) is 0 Å². The van der Waals surface area contributed by atoms with Crippen LogP contribution in [0.2, 0.25) is 0 Å². The lowest BCUT2D eigenvalue weighted by atomic mass is 9.92. The molecular formula is C28H36O6. The molecule has 34 heavy (non-hydrogen) atoms. The van der Waals surface area contributed by atoms with Crippen LogP contribution < -0.4 is 0 Å².